The van der Waals surface area contributed by atoms with Gasteiger partial charge < -0.3 is 0 Å². The summed E-state index contributed by atoms with van der Waals surface area (Å²) in [7, 11) is -3.94. The Bertz CT molecular complexity index is 979. The second kappa shape index (κ2) is 50.5. The molecule has 0 bridgehead atoms. The summed E-state index contributed by atoms with van der Waals surface area (Å²) in [5.74, 6) is -0.152. The third-order valence-corrected chi connectivity index (χ3v) is 14.3. The molecule has 0 rings (SSSR count). The standard InChI is InChI=1S/C58H113NO3S/c1-4-7-10-13-16-19-22-25-28-31-34-37-40-43-46-49-54-59(57-52-53-58-63(60,61)62,55-50-47-44-41-38-35-32-29-26-23-20-17-14-11-8-5-2)56-51-48-45-42-39-36-33-30-27-24-21-18-15-12-9-6-3/h49-51,54-56H,4-48,52-53,57-58H2,1-3H3/p+1/b54-49+,55-50+,56-51+. The van der Waals surface area contributed by atoms with E-state index in [1.165, 1.54) is 270 Å². The average molecular weight is 906 g/mol. The summed E-state index contributed by atoms with van der Waals surface area (Å²) in [6.45, 7) is 7.72. The smallest absolute Gasteiger partial charge is 0.264 e. The van der Waals surface area contributed by atoms with E-state index in [-0.39, 0.29) is 5.75 Å². The molecule has 0 aromatic carbocycles. The number of allylic oxidation sites excluding steroid dienone is 3. The van der Waals surface area contributed by atoms with Crippen molar-refractivity contribution >= 4 is 10.1 Å². The highest BCUT2D eigenvalue weighted by molar-refractivity contribution is 7.85. The van der Waals surface area contributed by atoms with Gasteiger partial charge in [0.1, 0.15) is 18.6 Å². The highest BCUT2D eigenvalue weighted by Gasteiger charge is 2.19. The van der Waals surface area contributed by atoms with Crippen LogP contribution >= 0.6 is 0 Å². The van der Waals surface area contributed by atoms with Crippen LogP contribution in [0.4, 0.5) is 0 Å². The molecule has 0 aromatic rings. The normalized spacial score (nSPS) is 12.6. The zero-order valence-electron chi connectivity index (χ0n) is 43.2. The van der Waals surface area contributed by atoms with Gasteiger partial charge in [-0.2, -0.15) is 8.42 Å². The van der Waals surface area contributed by atoms with Gasteiger partial charge in [-0.25, -0.2) is 4.48 Å². The first-order valence-electron chi connectivity index (χ1n) is 28.7. The third kappa shape index (κ3) is 50.3. The van der Waals surface area contributed by atoms with Crippen molar-refractivity contribution in [2.24, 2.45) is 0 Å². The molecule has 0 saturated carbocycles. The van der Waals surface area contributed by atoms with Crippen LogP contribution in [-0.4, -0.2) is 29.8 Å². The molecule has 0 amide bonds. The Labute approximate surface area is 397 Å². The largest absolute Gasteiger partial charge is 0.286 e. The molecular weight excluding hydrogens is 791 g/mol. The second-order valence-corrected chi connectivity index (χ2v) is 21.6. The van der Waals surface area contributed by atoms with Gasteiger partial charge in [0, 0.05) is 0 Å². The van der Waals surface area contributed by atoms with E-state index in [4.69, 9.17) is 0 Å². The lowest BCUT2D eigenvalue weighted by Gasteiger charge is -2.27. The van der Waals surface area contributed by atoms with E-state index in [1.54, 1.807) is 0 Å². The summed E-state index contributed by atoms with van der Waals surface area (Å²) in [5.41, 5.74) is 0. The van der Waals surface area contributed by atoms with Crippen LogP contribution in [0.2, 0.25) is 0 Å². The zero-order valence-corrected chi connectivity index (χ0v) is 44.0. The van der Waals surface area contributed by atoms with Gasteiger partial charge in [-0.15, -0.1) is 0 Å². The van der Waals surface area contributed by atoms with E-state index in [9.17, 15) is 13.0 Å². The van der Waals surface area contributed by atoms with Crippen molar-refractivity contribution in [1.29, 1.82) is 0 Å². The number of rotatable bonds is 53. The molecule has 0 unspecified atom stereocenters. The summed E-state index contributed by atoms with van der Waals surface area (Å²) in [5, 5.41) is 0. The minimum absolute atomic E-state index is 0.152. The minimum Gasteiger partial charge on any atom is -0.286 e. The predicted octanol–water partition coefficient (Wildman–Crippen LogP) is 20.6. The minimum atomic E-state index is -3.94. The van der Waals surface area contributed by atoms with Gasteiger partial charge in [-0.3, -0.25) is 4.55 Å². The lowest BCUT2D eigenvalue weighted by atomic mass is 10.0. The second-order valence-electron chi connectivity index (χ2n) is 20.0. The lowest BCUT2D eigenvalue weighted by molar-refractivity contribution is -0.774. The fraction of sp³-hybridized carbons (Fsp3) is 0.897. The topological polar surface area (TPSA) is 54.4 Å². The molecule has 0 aromatic heterocycles. The van der Waals surface area contributed by atoms with Crippen LogP contribution in [0.3, 0.4) is 0 Å². The number of hydrogen-bond acceptors (Lipinski definition) is 2. The highest BCUT2D eigenvalue weighted by atomic mass is 32.2. The van der Waals surface area contributed by atoms with E-state index < -0.39 is 10.1 Å². The molecule has 0 heterocycles. The fourth-order valence-corrected chi connectivity index (χ4v) is 9.79. The quantitative estimate of drug-likeness (QED) is 0.0376. The Morgan fingerprint density at radius 1 is 0.302 bits per heavy atom. The Balaban J connectivity index is 4.97. The van der Waals surface area contributed by atoms with Gasteiger partial charge >= 0.3 is 0 Å². The van der Waals surface area contributed by atoms with Gasteiger partial charge in [0.05, 0.1) is 12.3 Å². The van der Waals surface area contributed by atoms with E-state index in [0.29, 0.717) is 10.9 Å². The van der Waals surface area contributed by atoms with Crippen LogP contribution in [0.1, 0.15) is 323 Å². The van der Waals surface area contributed by atoms with Crippen molar-refractivity contribution in [2.75, 3.05) is 12.3 Å². The van der Waals surface area contributed by atoms with Crippen molar-refractivity contribution in [2.45, 2.75) is 323 Å². The zero-order chi connectivity index (χ0) is 45.9. The van der Waals surface area contributed by atoms with Crippen LogP contribution in [0, 0.1) is 0 Å². The van der Waals surface area contributed by atoms with Crippen molar-refractivity contribution in [3.63, 3.8) is 0 Å². The van der Waals surface area contributed by atoms with E-state index in [2.05, 4.69) is 57.6 Å². The average Bonchev–Trinajstić information content (AvgIpc) is 3.27. The molecular formula is C58H114NO3S+. The van der Waals surface area contributed by atoms with Gasteiger partial charge in [-0.1, -0.05) is 271 Å². The van der Waals surface area contributed by atoms with Gasteiger partial charge in [0.25, 0.3) is 10.1 Å². The van der Waals surface area contributed by atoms with Crippen molar-refractivity contribution in [1.82, 2.24) is 0 Å². The number of nitrogens with zero attached hydrogens (tertiary/aromatic N) is 1. The molecule has 0 radical (unpaired) electrons. The Hall–Kier alpha value is -0.910. The van der Waals surface area contributed by atoms with Gasteiger partial charge in [0.15, 0.2) is 0 Å². The number of hydrogen-bond donors (Lipinski definition) is 1. The van der Waals surface area contributed by atoms with Crippen LogP contribution < -0.4 is 0 Å². The van der Waals surface area contributed by atoms with Crippen LogP contribution in [-0.2, 0) is 10.1 Å². The van der Waals surface area contributed by atoms with Gasteiger partial charge in [-0.05, 0) is 69.6 Å². The molecule has 0 aliphatic rings. The maximum atomic E-state index is 11.6. The molecule has 0 saturated heterocycles. The first-order chi connectivity index (χ1) is 30.9. The predicted molar refractivity (Wildman–Crippen MR) is 283 cm³/mol. The highest BCUT2D eigenvalue weighted by Crippen LogP contribution is 2.21. The Morgan fingerprint density at radius 3 is 0.714 bits per heavy atom. The molecule has 0 fully saturated rings. The summed E-state index contributed by atoms with van der Waals surface area (Å²) < 4.78 is 33.3. The monoisotopic (exact) mass is 905 g/mol. The fourth-order valence-electron chi connectivity index (χ4n) is 9.23. The van der Waals surface area contributed by atoms with Gasteiger partial charge in [0.2, 0.25) is 0 Å². The van der Waals surface area contributed by atoms with E-state index in [0.717, 1.165) is 32.2 Å². The summed E-state index contributed by atoms with van der Waals surface area (Å²) in [6, 6.07) is 0. The first-order valence-corrected chi connectivity index (χ1v) is 30.4. The number of quaternary nitrogens is 1. The summed E-state index contributed by atoms with van der Waals surface area (Å²) in [4.78, 5) is 0. The van der Waals surface area contributed by atoms with Crippen LogP contribution in [0.5, 0.6) is 0 Å². The molecule has 374 valence electrons. The van der Waals surface area contributed by atoms with Crippen LogP contribution in [0.15, 0.2) is 36.8 Å². The Kier molecular flexibility index (Phi) is 49.8. The summed E-state index contributed by atoms with van der Waals surface area (Å²) in [6.07, 6.45) is 77.0. The molecule has 5 heteroatoms. The van der Waals surface area contributed by atoms with Crippen molar-refractivity contribution in [3.8, 4) is 0 Å². The van der Waals surface area contributed by atoms with Crippen molar-refractivity contribution in [3.05, 3.63) is 36.8 Å². The molecule has 1 N–H and O–H groups in total. The third-order valence-electron chi connectivity index (χ3n) is 13.5. The van der Waals surface area contributed by atoms with E-state index >= 15 is 0 Å². The molecule has 4 nitrogen and oxygen atoms in total. The molecule has 0 spiro atoms. The number of unbranched alkanes of at least 4 members (excludes halogenated alkanes) is 43. The molecule has 0 aliphatic heterocycles. The molecule has 0 atom stereocenters. The molecule has 0 aliphatic carbocycles. The molecule has 63 heavy (non-hydrogen) atoms. The van der Waals surface area contributed by atoms with E-state index in [1.807, 2.05) is 0 Å². The lowest BCUT2D eigenvalue weighted by Crippen LogP contribution is -2.32. The maximum Gasteiger partial charge on any atom is 0.264 e. The maximum absolute atomic E-state index is 11.6. The first kappa shape index (κ1) is 62.1. The summed E-state index contributed by atoms with van der Waals surface area (Å²) >= 11 is 0. The Morgan fingerprint density at radius 2 is 0.508 bits per heavy atom. The van der Waals surface area contributed by atoms with Crippen LogP contribution in [0.25, 0.3) is 0 Å². The van der Waals surface area contributed by atoms with Crippen molar-refractivity contribution < 1.29 is 17.5 Å². The SMILES string of the molecule is CCCCCCCCCCCCCCCC/C=C/[N+](/C=C/CCCCCCCCCCCCCCCC)(/C=C/CCCCCCCCCCCCCCCC)CCCCS(=O)(=O)O.